The van der Waals surface area contributed by atoms with Crippen LogP contribution >= 0.6 is 0 Å². The molecule has 0 aromatic carbocycles. The molecule has 1 aliphatic carbocycles. The van der Waals surface area contributed by atoms with Crippen LogP contribution in [0.3, 0.4) is 0 Å². The van der Waals surface area contributed by atoms with Crippen molar-refractivity contribution in [3.05, 3.63) is 0 Å². The van der Waals surface area contributed by atoms with Gasteiger partial charge in [-0.15, -0.1) is 0 Å². The van der Waals surface area contributed by atoms with Gasteiger partial charge >= 0.3 is 6.03 Å². The number of carbonyl (C=O) groups excluding carboxylic acids is 2. The molecule has 2 rings (SSSR count). The molecule has 3 amide bonds. The molecular weight excluding hydrogens is 250 g/mol. The fourth-order valence-corrected chi connectivity index (χ4v) is 2.96. The van der Waals surface area contributed by atoms with Crippen molar-refractivity contribution >= 4 is 11.9 Å². The first kappa shape index (κ1) is 14.1. The first-order valence-electron chi connectivity index (χ1n) is 6.45. The van der Waals surface area contributed by atoms with Gasteiger partial charge in [-0.25, -0.2) is 4.79 Å². The van der Waals surface area contributed by atoms with Gasteiger partial charge in [0.2, 0.25) is 5.91 Å². The summed E-state index contributed by atoms with van der Waals surface area (Å²) in [6.45, 7) is 1.28. The van der Waals surface area contributed by atoms with Crippen LogP contribution < -0.4 is 11.1 Å². The Morgan fingerprint density at radius 2 is 2.26 bits per heavy atom. The summed E-state index contributed by atoms with van der Waals surface area (Å²) < 4.78 is 10.8. The summed E-state index contributed by atoms with van der Waals surface area (Å²) in [4.78, 5) is 23.9. The smallest absolute Gasteiger partial charge is 0.314 e. The Labute approximate surface area is 112 Å². The number of likely N-dealkylation sites (N-methyl/N-ethyl adjacent to an activating group) is 1. The summed E-state index contributed by atoms with van der Waals surface area (Å²) in [6.07, 6.45) is 1.15. The molecule has 2 aliphatic rings. The summed E-state index contributed by atoms with van der Waals surface area (Å²) in [5, 5.41) is 2.96. The van der Waals surface area contributed by atoms with Gasteiger partial charge in [-0.1, -0.05) is 0 Å². The second kappa shape index (κ2) is 5.75. The van der Waals surface area contributed by atoms with Gasteiger partial charge in [0.25, 0.3) is 0 Å². The molecule has 3 N–H and O–H groups in total. The van der Waals surface area contributed by atoms with Crippen LogP contribution in [0.4, 0.5) is 4.79 Å². The van der Waals surface area contributed by atoms with E-state index in [1.807, 2.05) is 0 Å². The summed E-state index contributed by atoms with van der Waals surface area (Å²) in [7, 11) is 3.14. The number of nitrogens with two attached hydrogens (primary N) is 1. The second-order valence-electron chi connectivity index (χ2n) is 5.19. The van der Waals surface area contributed by atoms with Crippen LogP contribution in [-0.2, 0) is 14.3 Å². The molecule has 108 valence electrons. The number of primary amides is 1. The molecule has 4 atom stereocenters. The third kappa shape index (κ3) is 2.82. The molecule has 0 aromatic rings. The fourth-order valence-electron chi connectivity index (χ4n) is 2.96. The van der Waals surface area contributed by atoms with E-state index >= 15 is 0 Å². The molecule has 0 bridgehead atoms. The standard InChI is InChI=1S/C12H21N3O4/c1-15(12(13)17)5-9(16)14-10-7-3-4-19-11(7)8(10)6-18-2/h7-8,10-11H,3-6H2,1-2H3,(H2,13,17)(H,14,16)/t7-,8+,10-,11-/m0/s1. The highest BCUT2D eigenvalue weighted by atomic mass is 16.5. The largest absolute Gasteiger partial charge is 0.384 e. The van der Waals surface area contributed by atoms with Crippen LogP contribution in [-0.4, -0.2) is 62.9 Å². The van der Waals surface area contributed by atoms with Crippen molar-refractivity contribution in [2.45, 2.75) is 18.6 Å². The van der Waals surface area contributed by atoms with Crippen molar-refractivity contribution in [2.75, 3.05) is 33.9 Å². The van der Waals surface area contributed by atoms with E-state index in [-0.39, 0.29) is 30.5 Å². The Hall–Kier alpha value is -1.34. The van der Waals surface area contributed by atoms with Gasteiger partial charge in [0.05, 0.1) is 12.7 Å². The molecule has 7 heteroatoms. The highest BCUT2D eigenvalue weighted by Gasteiger charge is 2.54. The van der Waals surface area contributed by atoms with E-state index in [0.29, 0.717) is 12.5 Å². The number of amides is 3. The molecule has 0 spiro atoms. The normalized spacial score (nSPS) is 32.3. The molecule has 0 unspecified atom stereocenters. The maximum absolute atomic E-state index is 11.9. The quantitative estimate of drug-likeness (QED) is 0.682. The van der Waals surface area contributed by atoms with E-state index in [1.54, 1.807) is 7.11 Å². The van der Waals surface area contributed by atoms with Gasteiger partial charge in [-0.2, -0.15) is 0 Å². The lowest BCUT2D eigenvalue weighted by Crippen LogP contribution is -2.63. The van der Waals surface area contributed by atoms with E-state index in [0.717, 1.165) is 13.0 Å². The Morgan fingerprint density at radius 3 is 2.89 bits per heavy atom. The number of carbonyl (C=O) groups is 2. The zero-order valence-corrected chi connectivity index (χ0v) is 11.3. The maximum Gasteiger partial charge on any atom is 0.314 e. The highest BCUT2D eigenvalue weighted by Crippen LogP contribution is 2.43. The molecule has 1 heterocycles. The summed E-state index contributed by atoms with van der Waals surface area (Å²) in [5.74, 6) is 0.362. The second-order valence-corrected chi connectivity index (χ2v) is 5.19. The minimum atomic E-state index is -0.612. The number of fused-ring (bicyclic) bond motifs is 1. The van der Waals surface area contributed by atoms with Crippen molar-refractivity contribution < 1.29 is 19.1 Å². The molecule has 1 saturated heterocycles. The molecule has 0 radical (unpaired) electrons. The van der Waals surface area contributed by atoms with Crippen molar-refractivity contribution in [3.8, 4) is 0 Å². The third-order valence-electron chi connectivity index (χ3n) is 3.97. The van der Waals surface area contributed by atoms with Gasteiger partial charge < -0.3 is 25.4 Å². The molecular formula is C12H21N3O4. The zero-order chi connectivity index (χ0) is 14.0. The van der Waals surface area contributed by atoms with Gasteiger partial charge in [0, 0.05) is 38.6 Å². The number of rotatable bonds is 5. The average molecular weight is 271 g/mol. The number of hydrogen-bond donors (Lipinski definition) is 2. The predicted octanol–water partition coefficient (Wildman–Crippen LogP) is -0.837. The van der Waals surface area contributed by atoms with Crippen molar-refractivity contribution in [1.29, 1.82) is 0 Å². The van der Waals surface area contributed by atoms with E-state index in [2.05, 4.69) is 5.32 Å². The Morgan fingerprint density at radius 1 is 1.53 bits per heavy atom. The summed E-state index contributed by atoms with van der Waals surface area (Å²) in [6, 6.07) is -0.541. The zero-order valence-electron chi connectivity index (χ0n) is 11.3. The Balaban J connectivity index is 1.87. The highest BCUT2D eigenvalue weighted by molar-refractivity contribution is 5.83. The monoisotopic (exact) mass is 271 g/mol. The van der Waals surface area contributed by atoms with Crippen molar-refractivity contribution in [3.63, 3.8) is 0 Å². The van der Waals surface area contributed by atoms with E-state index < -0.39 is 6.03 Å². The van der Waals surface area contributed by atoms with E-state index in [4.69, 9.17) is 15.2 Å². The van der Waals surface area contributed by atoms with Crippen LogP contribution in [0.15, 0.2) is 0 Å². The summed E-state index contributed by atoms with van der Waals surface area (Å²) in [5.41, 5.74) is 5.09. The van der Waals surface area contributed by atoms with E-state index in [9.17, 15) is 9.59 Å². The molecule has 1 aliphatic heterocycles. The minimum absolute atomic E-state index is 0.0240. The van der Waals surface area contributed by atoms with Gasteiger partial charge in [0.1, 0.15) is 6.54 Å². The topological polar surface area (TPSA) is 93.9 Å². The van der Waals surface area contributed by atoms with Crippen LogP contribution in [0.1, 0.15) is 6.42 Å². The van der Waals surface area contributed by atoms with Crippen LogP contribution in [0.2, 0.25) is 0 Å². The SMILES string of the molecule is COC[C@@H]1[C@@H](NC(=O)CN(C)C(N)=O)[C@@H]2CCO[C@H]12. The number of hydrogen-bond acceptors (Lipinski definition) is 4. The lowest BCUT2D eigenvalue weighted by molar-refractivity contribution is -0.130. The third-order valence-corrected chi connectivity index (χ3v) is 3.97. The molecule has 2 fully saturated rings. The fraction of sp³-hybridized carbons (Fsp3) is 0.833. The van der Waals surface area contributed by atoms with Gasteiger partial charge in [-0.3, -0.25) is 4.79 Å². The van der Waals surface area contributed by atoms with Crippen LogP contribution in [0.25, 0.3) is 0 Å². The molecule has 0 aromatic heterocycles. The first-order valence-corrected chi connectivity index (χ1v) is 6.45. The predicted molar refractivity (Wildman–Crippen MR) is 67.4 cm³/mol. The first-order chi connectivity index (χ1) is 9.04. The molecule has 19 heavy (non-hydrogen) atoms. The van der Waals surface area contributed by atoms with Crippen molar-refractivity contribution in [2.24, 2.45) is 17.6 Å². The minimum Gasteiger partial charge on any atom is -0.384 e. The Bertz CT molecular complexity index is 363. The summed E-state index contributed by atoms with van der Waals surface area (Å²) >= 11 is 0. The maximum atomic E-state index is 11.9. The van der Waals surface area contributed by atoms with Crippen LogP contribution in [0, 0.1) is 11.8 Å². The molecule has 1 saturated carbocycles. The number of ether oxygens (including phenoxy) is 2. The number of nitrogens with one attached hydrogen (secondary N) is 1. The van der Waals surface area contributed by atoms with Crippen molar-refractivity contribution in [1.82, 2.24) is 10.2 Å². The lowest BCUT2D eigenvalue weighted by Gasteiger charge is -2.47. The van der Waals surface area contributed by atoms with Gasteiger partial charge in [-0.05, 0) is 6.42 Å². The average Bonchev–Trinajstić information content (AvgIpc) is 2.77. The van der Waals surface area contributed by atoms with E-state index in [1.165, 1.54) is 11.9 Å². The molecule has 7 nitrogen and oxygen atoms in total. The number of methoxy groups -OCH3 is 1. The van der Waals surface area contributed by atoms with Crippen LogP contribution in [0.5, 0.6) is 0 Å². The number of urea groups is 1. The number of nitrogens with zero attached hydrogens (tertiary/aromatic N) is 1. The van der Waals surface area contributed by atoms with Gasteiger partial charge in [0.15, 0.2) is 0 Å². The Kier molecular flexibility index (Phi) is 4.26. The lowest BCUT2D eigenvalue weighted by atomic mass is 9.67.